The number of carbonyl (C=O) groups excluding carboxylic acids is 1. The smallest absolute Gasteiger partial charge is 0.253 e. The van der Waals surface area contributed by atoms with Gasteiger partial charge in [-0.3, -0.25) is 20.2 Å². The minimum absolute atomic E-state index is 0.216. The number of nitrogens with two attached hydrogens (primary N) is 1. The highest BCUT2D eigenvalue weighted by molar-refractivity contribution is 6.14. The van der Waals surface area contributed by atoms with Crippen molar-refractivity contribution in [2.24, 2.45) is 21.7 Å². The van der Waals surface area contributed by atoms with Crippen LogP contribution in [0.4, 0.5) is 10.1 Å². The third kappa shape index (κ3) is 5.63. The highest BCUT2D eigenvalue weighted by Gasteiger charge is 2.52. The lowest BCUT2D eigenvalue weighted by atomic mass is 10.1. The van der Waals surface area contributed by atoms with Crippen molar-refractivity contribution in [2.75, 3.05) is 12.0 Å². The molecule has 9 heteroatoms. The standard InChI is InChI=1S/C23H26FN7O/c1-15-3-5-20(31-29-10-8-25)18(11-15)22(32)30-23(12-16(23)2)14-27-9-7-19(26)21-6-4-17(24)13-28-21/h3-11,13,16,25,31H,12,14,26H2,1-2H3,(H,30,32). The number of carbonyl (C=O) groups is 1. The predicted molar refractivity (Wildman–Crippen MR) is 126 cm³/mol. The van der Waals surface area contributed by atoms with Crippen LogP contribution in [-0.2, 0) is 0 Å². The number of halogens is 1. The maximum Gasteiger partial charge on any atom is 0.253 e. The first-order chi connectivity index (χ1) is 15.3. The largest absolute Gasteiger partial charge is 0.397 e. The van der Waals surface area contributed by atoms with Crippen molar-refractivity contribution < 1.29 is 9.18 Å². The molecule has 5 N–H and O–H groups in total. The minimum Gasteiger partial charge on any atom is -0.397 e. The Bertz CT molecular complexity index is 1080. The van der Waals surface area contributed by atoms with Crippen molar-refractivity contribution in [3.63, 3.8) is 0 Å². The Kier molecular flexibility index (Phi) is 7.09. The molecule has 1 aromatic heterocycles. The van der Waals surface area contributed by atoms with E-state index in [1.807, 2.05) is 13.0 Å². The summed E-state index contributed by atoms with van der Waals surface area (Å²) in [6.45, 7) is 4.38. The van der Waals surface area contributed by atoms with E-state index in [2.05, 4.69) is 32.7 Å². The van der Waals surface area contributed by atoms with Gasteiger partial charge in [-0.1, -0.05) is 18.6 Å². The van der Waals surface area contributed by atoms with Gasteiger partial charge in [0.1, 0.15) is 5.82 Å². The van der Waals surface area contributed by atoms with Crippen LogP contribution in [0, 0.1) is 24.1 Å². The van der Waals surface area contributed by atoms with Gasteiger partial charge in [0.25, 0.3) is 5.91 Å². The maximum absolute atomic E-state index is 13.0. The third-order valence-corrected chi connectivity index (χ3v) is 5.33. The Labute approximate surface area is 186 Å². The lowest BCUT2D eigenvalue weighted by molar-refractivity contribution is 0.0930. The fourth-order valence-electron chi connectivity index (χ4n) is 3.28. The number of aromatic nitrogens is 1. The number of hydrogen-bond acceptors (Lipinski definition) is 7. The molecule has 8 nitrogen and oxygen atoms in total. The molecule has 0 bridgehead atoms. The molecule has 0 spiro atoms. The molecular weight excluding hydrogens is 409 g/mol. The number of anilines is 1. The van der Waals surface area contributed by atoms with Crippen molar-refractivity contribution in [1.29, 1.82) is 5.41 Å². The molecule has 32 heavy (non-hydrogen) atoms. The summed E-state index contributed by atoms with van der Waals surface area (Å²) in [6, 6.07) is 8.25. The monoisotopic (exact) mass is 435 g/mol. The molecule has 2 aromatic rings. The molecule has 0 saturated heterocycles. The van der Waals surface area contributed by atoms with Crippen LogP contribution in [0.25, 0.3) is 5.70 Å². The summed E-state index contributed by atoms with van der Waals surface area (Å²) < 4.78 is 13.0. The van der Waals surface area contributed by atoms with Crippen LogP contribution in [0.3, 0.4) is 0 Å². The summed E-state index contributed by atoms with van der Waals surface area (Å²) in [5.41, 5.74) is 11.1. The Morgan fingerprint density at radius 1 is 1.38 bits per heavy atom. The Morgan fingerprint density at radius 2 is 2.16 bits per heavy atom. The van der Waals surface area contributed by atoms with E-state index in [9.17, 15) is 9.18 Å². The topological polar surface area (TPSA) is 129 Å². The molecular formula is C23H26FN7O. The van der Waals surface area contributed by atoms with E-state index in [4.69, 9.17) is 11.1 Å². The molecule has 0 radical (unpaired) electrons. The second-order valence-electron chi connectivity index (χ2n) is 7.79. The van der Waals surface area contributed by atoms with Crippen LogP contribution < -0.4 is 16.5 Å². The van der Waals surface area contributed by atoms with Crippen LogP contribution in [0.15, 0.2) is 52.7 Å². The Hall–Kier alpha value is -3.88. The van der Waals surface area contributed by atoms with Crippen LogP contribution in [0.2, 0.25) is 0 Å². The van der Waals surface area contributed by atoms with Gasteiger partial charge in [0.2, 0.25) is 0 Å². The number of rotatable bonds is 9. The number of amides is 1. The van der Waals surface area contributed by atoms with Crippen molar-refractivity contribution >= 4 is 35.9 Å². The van der Waals surface area contributed by atoms with Gasteiger partial charge < -0.3 is 16.5 Å². The Balaban J connectivity index is 1.68. The molecule has 1 fully saturated rings. The van der Waals surface area contributed by atoms with Crippen molar-refractivity contribution in [3.8, 4) is 0 Å². The summed E-state index contributed by atoms with van der Waals surface area (Å²) in [7, 11) is 0. The molecule has 166 valence electrons. The van der Waals surface area contributed by atoms with E-state index in [1.54, 1.807) is 24.4 Å². The minimum atomic E-state index is -0.427. The molecule has 0 aliphatic heterocycles. The number of allylic oxidation sites excluding steroid dienone is 1. The van der Waals surface area contributed by atoms with Crippen molar-refractivity contribution in [3.05, 3.63) is 65.2 Å². The van der Waals surface area contributed by atoms with Crippen LogP contribution >= 0.6 is 0 Å². The SMILES string of the molecule is Cc1ccc(NN=CC=N)c(C(=O)NC2(CN=CC=C(N)c3ccc(F)cn3)CC2C)c1. The van der Waals surface area contributed by atoms with Gasteiger partial charge in [0.15, 0.2) is 0 Å². The van der Waals surface area contributed by atoms with Gasteiger partial charge in [0, 0.05) is 12.4 Å². The molecule has 1 aliphatic rings. The number of nitrogens with one attached hydrogen (secondary N) is 3. The fraction of sp³-hybridized carbons (Fsp3) is 0.261. The molecule has 1 amide bonds. The van der Waals surface area contributed by atoms with Gasteiger partial charge >= 0.3 is 0 Å². The first kappa shape index (κ1) is 22.8. The average Bonchev–Trinajstić information content (AvgIpc) is 3.41. The normalized spacial score (nSPS) is 20.5. The van der Waals surface area contributed by atoms with E-state index < -0.39 is 11.4 Å². The van der Waals surface area contributed by atoms with Crippen LogP contribution in [-0.4, -0.2) is 41.6 Å². The van der Waals surface area contributed by atoms with E-state index in [-0.39, 0.29) is 11.8 Å². The summed E-state index contributed by atoms with van der Waals surface area (Å²) in [5, 5.41) is 14.0. The number of benzene rings is 1. The summed E-state index contributed by atoms with van der Waals surface area (Å²) in [4.78, 5) is 21.4. The number of hydrogen-bond donors (Lipinski definition) is 4. The average molecular weight is 436 g/mol. The van der Waals surface area contributed by atoms with Crippen molar-refractivity contribution in [2.45, 2.75) is 25.8 Å². The third-order valence-electron chi connectivity index (χ3n) is 5.33. The molecule has 1 aromatic carbocycles. The number of pyridine rings is 1. The lowest BCUT2D eigenvalue weighted by Crippen LogP contribution is -2.41. The number of hydrazone groups is 1. The number of nitrogens with zero attached hydrogens (tertiary/aromatic N) is 3. The molecule has 3 rings (SSSR count). The summed E-state index contributed by atoms with van der Waals surface area (Å²) >= 11 is 0. The van der Waals surface area contributed by atoms with Gasteiger partial charge in [-0.25, -0.2) is 4.39 Å². The lowest BCUT2D eigenvalue weighted by Gasteiger charge is -2.18. The zero-order valence-corrected chi connectivity index (χ0v) is 18.0. The Morgan fingerprint density at radius 3 is 2.81 bits per heavy atom. The second-order valence-corrected chi connectivity index (χ2v) is 7.79. The molecule has 2 unspecified atom stereocenters. The quantitative estimate of drug-likeness (QED) is 0.356. The predicted octanol–water partition coefficient (Wildman–Crippen LogP) is 3.16. The second kappa shape index (κ2) is 9.95. The van der Waals surface area contributed by atoms with Gasteiger partial charge in [-0.2, -0.15) is 5.10 Å². The number of aryl methyl sites for hydroxylation is 1. The fourth-order valence-corrected chi connectivity index (χ4v) is 3.28. The van der Waals surface area contributed by atoms with Crippen molar-refractivity contribution in [1.82, 2.24) is 10.3 Å². The van der Waals surface area contributed by atoms with Crippen LogP contribution in [0.1, 0.15) is 35.0 Å². The zero-order valence-electron chi connectivity index (χ0n) is 18.0. The highest BCUT2D eigenvalue weighted by atomic mass is 19.1. The van der Waals surface area contributed by atoms with Gasteiger partial charge in [-0.05, 0) is 49.6 Å². The molecule has 2 atom stereocenters. The van der Waals surface area contributed by atoms with E-state index in [1.165, 1.54) is 18.3 Å². The summed E-state index contributed by atoms with van der Waals surface area (Å²) in [5.74, 6) is -0.365. The van der Waals surface area contributed by atoms with Crippen LogP contribution in [0.5, 0.6) is 0 Å². The molecule has 1 heterocycles. The highest BCUT2D eigenvalue weighted by Crippen LogP contribution is 2.43. The van der Waals surface area contributed by atoms with Gasteiger partial charge in [-0.15, -0.1) is 0 Å². The first-order valence-electron chi connectivity index (χ1n) is 10.1. The first-order valence-corrected chi connectivity index (χ1v) is 10.1. The molecule has 1 saturated carbocycles. The molecule has 1 aliphatic carbocycles. The maximum atomic E-state index is 13.0. The van der Waals surface area contributed by atoms with E-state index >= 15 is 0 Å². The van der Waals surface area contributed by atoms with Gasteiger partial charge in [0.05, 0.1) is 47.1 Å². The zero-order chi connectivity index (χ0) is 23.1. The van der Waals surface area contributed by atoms with E-state index in [0.29, 0.717) is 29.2 Å². The van der Waals surface area contributed by atoms with E-state index in [0.717, 1.165) is 24.4 Å². The number of aliphatic imine (C=N–C) groups is 1. The summed E-state index contributed by atoms with van der Waals surface area (Å²) in [6.07, 6.45) is 7.44.